The van der Waals surface area contributed by atoms with Gasteiger partial charge in [-0.25, -0.2) is 0 Å². The molecule has 0 amide bonds. The average molecular weight is 357 g/mol. The van der Waals surface area contributed by atoms with Crippen LogP contribution < -0.4 is 5.32 Å². The van der Waals surface area contributed by atoms with Gasteiger partial charge in [-0.3, -0.25) is 0 Å². The second-order valence-electron chi connectivity index (χ2n) is 7.18. The van der Waals surface area contributed by atoms with E-state index in [4.69, 9.17) is 0 Å². The first kappa shape index (κ1) is 18.8. The third-order valence-electron chi connectivity index (χ3n) is 5.20. The van der Waals surface area contributed by atoms with Crippen LogP contribution in [0.2, 0.25) is 0 Å². The van der Waals surface area contributed by atoms with E-state index in [0.717, 1.165) is 24.1 Å². The summed E-state index contributed by atoms with van der Waals surface area (Å²) in [5.41, 5.74) is 3.19. The van der Waals surface area contributed by atoms with Crippen molar-refractivity contribution >= 4 is 22.5 Å². The van der Waals surface area contributed by atoms with Crippen LogP contribution in [0.4, 0.5) is 5.69 Å². The van der Waals surface area contributed by atoms with Crippen molar-refractivity contribution in [2.75, 3.05) is 12.4 Å². The molecule has 2 heteroatoms. The zero-order valence-electron chi connectivity index (χ0n) is 16.1. The molecule has 1 atom stereocenters. The summed E-state index contributed by atoms with van der Waals surface area (Å²) in [5.74, 6) is 0.306. The molecule has 0 aliphatic rings. The zero-order valence-corrected chi connectivity index (χ0v) is 16.1. The Kier molecular flexibility index (Phi) is 5.66. The van der Waals surface area contributed by atoms with Crippen molar-refractivity contribution in [3.05, 3.63) is 90.5 Å². The summed E-state index contributed by atoms with van der Waals surface area (Å²) in [6, 6.07) is 20.3. The number of phenols is 1. The molecule has 0 spiro atoms. The Morgan fingerprint density at radius 2 is 1.74 bits per heavy atom. The molecule has 0 bridgehead atoms. The van der Waals surface area contributed by atoms with E-state index in [-0.39, 0.29) is 5.41 Å². The van der Waals surface area contributed by atoms with Crippen LogP contribution in [0.3, 0.4) is 0 Å². The molecule has 0 aliphatic heterocycles. The van der Waals surface area contributed by atoms with Gasteiger partial charge in [0.15, 0.2) is 0 Å². The molecule has 3 rings (SSSR count). The van der Waals surface area contributed by atoms with E-state index in [2.05, 4.69) is 61.3 Å². The Morgan fingerprint density at radius 1 is 1.00 bits per heavy atom. The van der Waals surface area contributed by atoms with E-state index in [1.807, 2.05) is 37.4 Å². The topological polar surface area (TPSA) is 32.3 Å². The second-order valence-corrected chi connectivity index (χ2v) is 7.18. The fourth-order valence-electron chi connectivity index (χ4n) is 3.81. The van der Waals surface area contributed by atoms with Crippen LogP contribution in [0, 0.1) is 0 Å². The lowest BCUT2D eigenvalue weighted by molar-refractivity contribution is 0.473. The van der Waals surface area contributed by atoms with Gasteiger partial charge < -0.3 is 10.4 Å². The summed E-state index contributed by atoms with van der Waals surface area (Å²) in [6.45, 7) is 6.29. The predicted octanol–water partition coefficient (Wildman–Crippen LogP) is 6.52. The number of nitrogens with one attached hydrogen (secondary N) is 1. The van der Waals surface area contributed by atoms with Gasteiger partial charge in [-0.1, -0.05) is 73.7 Å². The van der Waals surface area contributed by atoms with E-state index >= 15 is 0 Å². The van der Waals surface area contributed by atoms with E-state index in [1.165, 1.54) is 16.3 Å². The highest BCUT2D eigenvalue weighted by Crippen LogP contribution is 2.41. The third kappa shape index (κ3) is 3.90. The minimum atomic E-state index is -0.109. The van der Waals surface area contributed by atoms with E-state index in [0.29, 0.717) is 5.75 Å². The Bertz CT molecular complexity index is 973. The summed E-state index contributed by atoms with van der Waals surface area (Å²) >= 11 is 0. The number of allylic oxidation sites excluding steroid dienone is 2. The number of fused-ring (bicyclic) bond motifs is 1. The van der Waals surface area contributed by atoms with Crippen LogP contribution in [0.25, 0.3) is 16.8 Å². The number of hydrogen-bond donors (Lipinski definition) is 2. The van der Waals surface area contributed by atoms with E-state index in [9.17, 15) is 5.11 Å². The highest BCUT2D eigenvalue weighted by Gasteiger charge is 2.28. The molecular weight excluding hydrogens is 330 g/mol. The van der Waals surface area contributed by atoms with Crippen molar-refractivity contribution in [3.63, 3.8) is 0 Å². The molecule has 1 unspecified atom stereocenters. The fraction of sp³-hybridized carbons (Fsp3) is 0.200. The molecule has 0 heterocycles. The molecular formula is C25H27NO. The normalized spacial score (nSPS) is 13.6. The van der Waals surface area contributed by atoms with Crippen LogP contribution in [-0.2, 0) is 5.41 Å². The molecule has 0 aromatic heterocycles. The van der Waals surface area contributed by atoms with Gasteiger partial charge in [0.1, 0.15) is 5.75 Å². The summed E-state index contributed by atoms with van der Waals surface area (Å²) < 4.78 is 0. The lowest BCUT2D eigenvalue weighted by Crippen LogP contribution is -2.22. The second kappa shape index (κ2) is 8.13. The molecule has 138 valence electrons. The number of phenolic OH excluding ortho intramolecular Hbond substituents is 1. The van der Waals surface area contributed by atoms with Gasteiger partial charge in [0.2, 0.25) is 0 Å². The van der Waals surface area contributed by atoms with Gasteiger partial charge in [0.25, 0.3) is 0 Å². The maximum Gasteiger partial charge on any atom is 0.122 e. The van der Waals surface area contributed by atoms with Crippen molar-refractivity contribution in [2.24, 2.45) is 0 Å². The van der Waals surface area contributed by atoms with E-state index in [1.54, 1.807) is 6.07 Å². The molecule has 3 aromatic carbocycles. The molecule has 0 saturated heterocycles. The standard InChI is InChI=1S/C25H27NO/c1-4-17-25(2,18-9-12-20-11-6-8-14-23(20)27)24-21-13-7-5-10-19(21)15-16-22(24)26-3/h4-16,26-27H,1,17-18H2,2-3H3/b12-9+. The molecule has 0 aliphatic carbocycles. The SMILES string of the molecule is C=CCC(C)(C/C=C/c1ccccc1O)c1c(NC)ccc2ccccc12. The maximum absolute atomic E-state index is 10.0. The lowest BCUT2D eigenvalue weighted by atomic mass is 9.73. The number of para-hydroxylation sites is 1. The van der Waals surface area contributed by atoms with Gasteiger partial charge >= 0.3 is 0 Å². The molecule has 0 radical (unpaired) electrons. The van der Waals surface area contributed by atoms with Crippen LogP contribution in [0.5, 0.6) is 5.75 Å². The first-order chi connectivity index (χ1) is 13.1. The Hall–Kier alpha value is -3.00. The maximum atomic E-state index is 10.0. The molecule has 2 nitrogen and oxygen atoms in total. The number of aromatic hydroxyl groups is 1. The molecule has 27 heavy (non-hydrogen) atoms. The number of rotatable bonds is 7. The van der Waals surface area contributed by atoms with Crippen LogP contribution >= 0.6 is 0 Å². The summed E-state index contributed by atoms with van der Waals surface area (Å²) in [5, 5.41) is 15.9. The smallest absolute Gasteiger partial charge is 0.122 e. The summed E-state index contributed by atoms with van der Waals surface area (Å²) in [4.78, 5) is 0. The Morgan fingerprint density at radius 3 is 2.48 bits per heavy atom. The summed E-state index contributed by atoms with van der Waals surface area (Å²) in [6.07, 6.45) is 7.85. The zero-order chi connectivity index (χ0) is 19.3. The lowest BCUT2D eigenvalue weighted by Gasteiger charge is -2.31. The van der Waals surface area contributed by atoms with Gasteiger partial charge in [0.05, 0.1) is 0 Å². The van der Waals surface area contributed by atoms with Crippen LogP contribution in [-0.4, -0.2) is 12.2 Å². The van der Waals surface area contributed by atoms with Gasteiger partial charge in [-0.05, 0) is 41.3 Å². The summed E-state index contributed by atoms with van der Waals surface area (Å²) in [7, 11) is 1.97. The number of anilines is 1. The van der Waals surface area contributed by atoms with Gasteiger partial charge in [-0.2, -0.15) is 0 Å². The van der Waals surface area contributed by atoms with Crippen molar-refractivity contribution < 1.29 is 5.11 Å². The Labute approximate surface area is 161 Å². The first-order valence-corrected chi connectivity index (χ1v) is 9.34. The first-order valence-electron chi connectivity index (χ1n) is 9.34. The fourth-order valence-corrected chi connectivity index (χ4v) is 3.81. The number of benzene rings is 3. The van der Waals surface area contributed by atoms with Gasteiger partial charge in [-0.15, -0.1) is 6.58 Å². The Balaban J connectivity index is 2.05. The average Bonchev–Trinajstić information content (AvgIpc) is 2.68. The van der Waals surface area contributed by atoms with E-state index < -0.39 is 0 Å². The van der Waals surface area contributed by atoms with Crippen molar-refractivity contribution in [3.8, 4) is 5.75 Å². The molecule has 2 N–H and O–H groups in total. The highest BCUT2D eigenvalue weighted by atomic mass is 16.3. The monoisotopic (exact) mass is 357 g/mol. The predicted molar refractivity (Wildman–Crippen MR) is 117 cm³/mol. The number of hydrogen-bond acceptors (Lipinski definition) is 2. The highest BCUT2D eigenvalue weighted by molar-refractivity contribution is 5.91. The molecule has 3 aromatic rings. The van der Waals surface area contributed by atoms with Crippen LogP contribution in [0.15, 0.2) is 79.4 Å². The van der Waals surface area contributed by atoms with Crippen LogP contribution in [0.1, 0.15) is 30.9 Å². The molecule has 0 saturated carbocycles. The minimum Gasteiger partial charge on any atom is -0.507 e. The van der Waals surface area contributed by atoms with Crippen molar-refractivity contribution in [1.82, 2.24) is 0 Å². The largest absolute Gasteiger partial charge is 0.507 e. The third-order valence-corrected chi connectivity index (χ3v) is 5.20. The quantitative estimate of drug-likeness (QED) is 0.471. The van der Waals surface area contributed by atoms with Gasteiger partial charge in [0, 0.05) is 23.7 Å². The van der Waals surface area contributed by atoms with Crippen molar-refractivity contribution in [1.29, 1.82) is 0 Å². The molecule has 0 fully saturated rings. The van der Waals surface area contributed by atoms with Crippen molar-refractivity contribution in [2.45, 2.75) is 25.2 Å². The minimum absolute atomic E-state index is 0.109.